The molecule has 1 aliphatic rings. The van der Waals surface area contributed by atoms with E-state index in [1.807, 2.05) is 0 Å². The molecule has 0 radical (unpaired) electrons. The van der Waals surface area contributed by atoms with Gasteiger partial charge in [-0.15, -0.1) is 0 Å². The van der Waals surface area contributed by atoms with Gasteiger partial charge < -0.3 is 15.9 Å². The van der Waals surface area contributed by atoms with Crippen molar-refractivity contribution in [1.82, 2.24) is 0 Å². The van der Waals surface area contributed by atoms with Gasteiger partial charge in [0.25, 0.3) is 0 Å². The molecule has 4 N–H and O–H groups in total. The van der Waals surface area contributed by atoms with Crippen molar-refractivity contribution in [2.24, 2.45) is 17.1 Å². The van der Waals surface area contributed by atoms with Crippen LogP contribution in [0.1, 0.15) is 51.4 Å². The van der Waals surface area contributed by atoms with Crippen LogP contribution in [0.5, 0.6) is 0 Å². The predicted molar refractivity (Wildman–Crippen MR) is 67.3 cm³/mol. The summed E-state index contributed by atoms with van der Waals surface area (Å²) in [5.74, 6) is -3.26. The first-order valence-corrected chi connectivity index (χ1v) is 6.64. The highest BCUT2D eigenvalue weighted by molar-refractivity contribution is 5.86. The lowest BCUT2D eigenvalue weighted by molar-refractivity contribution is -0.158. The molecule has 0 heterocycles. The van der Waals surface area contributed by atoms with E-state index in [4.69, 9.17) is 10.8 Å². The third kappa shape index (κ3) is 3.68. The lowest BCUT2D eigenvalue weighted by Gasteiger charge is -2.34. The molecule has 1 aliphatic carbocycles. The second-order valence-electron chi connectivity index (χ2n) is 5.26. The van der Waals surface area contributed by atoms with Gasteiger partial charge in [-0.05, 0) is 25.7 Å². The largest absolute Gasteiger partial charge is 0.481 e. The van der Waals surface area contributed by atoms with Crippen molar-refractivity contribution >= 4 is 17.8 Å². The minimum Gasteiger partial charge on any atom is -0.481 e. The summed E-state index contributed by atoms with van der Waals surface area (Å²) < 4.78 is 0. The molecule has 6 nitrogen and oxygen atoms in total. The van der Waals surface area contributed by atoms with Crippen LogP contribution in [0.25, 0.3) is 0 Å². The number of hydrogen-bond donors (Lipinski definition) is 3. The molecular weight excluding hydrogens is 250 g/mol. The van der Waals surface area contributed by atoms with E-state index < -0.39 is 29.2 Å². The summed E-state index contributed by atoms with van der Waals surface area (Å²) in [5, 5.41) is 18.2. The maximum absolute atomic E-state index is 11.7. The Hall–Kier alpha value is -1.59. The molecular formula is C13H21NO5. The minimum absolute atomic E-state index is 0.0828. The first kappa shape index (κ1) is 15.5. The fourth-order valence-electron chi connectivity index (χ4n) is 3.05. The lowest BCUT2D eigenvalue weighted by atomic mass is 9.68. The monoisotopic (exact) mass is 271 g/mol. The van der Waals surface area contributed by atoms with E-state index in [9.17, 15) is 19.5 Å². The van der Waals surface area contributed by atoms with Gasteiger partial charge in [0.2, 0.25) is 5.91 Å². The number of carboxylic acid groups (broad SMARTS) is 2. The van der Waals surface area contributed by atoms with Gasteiger partial charge in [-0.3, -0.25) is 14.4 Å². The number of rotatable bonds is 6. The Labute approximate surface area is 112 Å². The topological polar surface area (TPSA) is 118 Å². The zero-order chi connectivity index (χ0) is 14.5. The zero-order valence-electron chi connectivity index (χ0n) is 10.9. The lowest BCUT2D eigenvalue weighted by Crippen LogP contribution is -2.44. The highest BCUT2D eigenvalue weighted by atomic mass is 16.4. The number of nitrogens with two attached hydrogens (primary N) is 1. The summed E-state index contributed by atoms with van der Waals surface area (Å²) >= 11 is 0. The summed E-state index contributed by atoms with van der Waals surface area (Å²) in [6.07, 6.45) is 3.67. The maximum Gasteiger partial charge on any atom is 0.310 e. The molecule has 6 heteroatoms. The fraction of sp³-hybridized carbons (Fsp3) is 0.769. The van der Waals surface area contributed by atoms with Crippen molar-refractivity contribution in [1.29, 1.82) is 0 Å². The Bertz CT molecular complexity index is 368. The number of carboxylic acids is 2. The van der Waals surface area contributed by atoms with Gasteiger partial charge in [0.05, 0.1) is 11.3 Å². The summed E-state index contributed by atoms with van der Waals surface area (Å²) in [6, 6.07) is 0. The van der Waals surface area contributed by atoms with Crippen LogP contribution in [0.3, 0.4) is 0 Å². The minimum atomic E-state index is -1.18. The van der Waals surface area contributed by atoms with E-state index in [-0.39, 0.29) is 19.3 Å². The fourth-order valence-corrected chi connectivity index (χ4v) is 3.05. The molecule has 0 spiro atoms. The van der Waals surface area contributed by atoms with Crippen LogP contribution in [-0.4, -0.2) is 28.1 Å². The molecule has 0 aromatic heterocycles. The maximum atomic E-state index is 11.7. The molecule has 1 amide bonds. The van der Waals surface area contributed by atoms with Gasteiger partial charge in [0.1, 0.15) is 0 Å². The van der Waals surface area contributed by atoms with Gasteiger partial charge in [0, 0.05) is 6.42 Å². The van der Waals surface area contributed by atoms with Gasteiger partial charge in [0.15, 0.2) is 0 Å². The summed E-state index contributed by atoms with van der Waals surface area (Å²) in [4.78, 5) is 33.8. The van der Waals surface area contributed by atoms with Crippen LogP contribution in [0.2, 0.25) is 0 Å². The molecule has 2 unspecified atom stereocenters. The Morgan fingerprint density at radius 3 is 2.37 bits per heavy atom. The highest BCUT2D eigenvalue weighted by Crippen LogP contribution is 2.44. The van der Waals surface area contributed by atoms with Crippen molar-refractivity contribution in [2.45, 2.75) is 51.4 Å². The Morgan fingerprint density at radius 2 is 1.84 bits per heavy atom. The molecule has 2 atom stereocenters. The molecule has 0 saturated heterocycles. The van der Waals surface area contributed by atoms with Crippen LogP contribution in [0.4, 0.5) is 0 Å². The second-order valence-corrected chi connectivity index (χ2v) is 5.26. The summed E-state index contributed by atoms with van der Waals surface area (Å²) in [5.41, 5.74) is 4.18. The Morgan fingerprint density at radius 1 is 1.16 bits per heavy atom. The highest BCUT2D eigenvalue weighted by Gasteiger charge is 2.48. The van der Waals surface area contributed by atoms with E-state index in [0.29, 0.717) is 12.8 Å². The number of amides is 1. The molecule has 19 heavy (non-hydrogen) atoms. The van der Waals surface area contributed by atoms with Crippen LogP contribution in [0, 0.1) is 11.3 Å². The van der Waals surface area contributed by atoms with E-state index in [1.165, 1.54) is 0 Å². The van der Waals surface area contributed by atoms with Crippen LogP contribution < -0.4 is 5.73 Å². The van der Waals surface area contributed by atoms with E-state index in [0.717, 1.165) is 19.3 Å². The van der Waals surface area contributed by atoms with Crippen molar-refractivity contribution in [3.05, 3.63) is 0 Å². The SMILES string of the molecule is NC(=O)C1CCCCCC1(CCCC(=O)O)C(=O)O. The van der Waals surface area contributed by atoms with Crippen molar-refractivity contribution in [3.8, 4) is 0 Å². The smallest absolute Gasteiger partial charge is 0.310 e. The number of carbonyl (C=O) groups excluding carboxylic acids is 1. The van der Waals surface area contributed by atoms with E-state index >= 15 is 0 Å². The molecule has 1 fully saturated rings. The molecule has 0 aromatic rings. The van der Waals surface area contributed by atoms with Crippen LogP contribution in [-0.2, 0) is 14.4 Å². The van der Waals surface area contributed by atoms with Gasteiger partial charge >= 0.3 is 11.9 Å². The number of hydrogen-bond acceptors (Lipinski definition) is 3. The average Bonchev–Trinajstić information content (AvgIpc) is 2.51. The first-order chi connectivity index (χ1) is 8.90. The molecule has 0 aromatic carbocycles. The first-order valence-electron chi connectivity index (χ1n) is 6.64. The number of primary amides is 1. The standard InChI is InChI=1S/C13H21NO5/c14-11(17)9-5-2-1-3-7-13(9,12(18)19)8-4-6-10(15)16/h9H,1-8H2,(H2,14,17)(H,15,16)(H,18,19). The van der Waals surface area contributed by atoms with Crippen LogP contribution >= 0.6 is 0 Å². The number of carbonyl (C=O) groups is 3. The third-order valence-electron chi connectivity index (χ3n) is 4.07. The molecule has 0 bridgehead atoms. The van der Waals surface area contributed by atoms with Crippen molar-refractivity contribution in [3.63, 3.8) is 0 Å². The molecule has 1 saturated carbocycles. The van der Waals surface area contributed by atoms with Crippen LogP contribution in [0.15, 0.2) is 0 Å². The summed E-state index contributed by atoms with van der Waals surface area (Å²) in [6.45, 7) is 0. The van der Waals surface area contributed by atoms with Crippen molar-refractivity contribution < 1.29 is 24.6 Å². The zero-order valence-corrected chi connectivity index (χ0v) is 10.9. The molecule has 108 valence electrons. The summed E-state index contributed by atoms with van der Waals surface area (Å²) in [7, 11) is 0. The molecule has 1 rings (SSSR count). The van der Waals surface area contributed by atoms with Crippen molar-refractivity contribution in [2.75, 3.05) is 0 Å². The normalized spacial score (nSPS) is 27.5. The number of aliphatic carboxylic acids is 2. The molecule has 0 aliphatic heterocycles. The average molecular weight is 271 g/mol. The van der Waals surface area contributed by atoms with Gasteiger partial charge in [-0.2, -0.15) is 0 Å². The second kappa shape index (κ2) is 6.54. The quantitative estimate of drug-likeness (QED) is 0.631. The van der Waals surface area contributed by atoms with Gasteiger partial charge in [-0.1, -0.05) is 19.3 Å². The Balaban J connectivity index is 2.93. The van der Waals surface area contributed by atoms with E-state index in [1.54, 1.807) is 0 Å². The third-order valence-corrected chi connectivity index (χ3v) is 4.07. The Kier molecular flexibility index (Phi) is 5.32. The predicted octanol–water partition coefficient (Wildman–Crippen LogP) is 1.38. The van der Waals surface area contributed by atoms with E-state index in [2.05, 4.69) is 0 Å². The van der Waals surface area contributed by atoms with Gasteiger partial charge in [-0.25, -0.2) is 0 Å².